The predicted molar refractivity (Wildman–Crippen MR) is 95.4 cm³/mol. The Morgan fingerprint density at radius 2 is 2.04 bits per heavy atom. The van der Waals surface area contributed by atoms with Crippen LogP contribution in [0.4, 0.5) is 5.95 Å². The minimum Gasteiger partial charge on any atom is -0.508 e. The summed E-state index contributed by atoms with van der Waals surface area (Å²) in [5.74, 6) is -0.755. The molecule has 0 spiro atoms. The second-order valence-corrected chi connectivity index (χ2v) is 6.60. The monoisotopic (exact) mass is 383 g/mol. The number of hydrogen-bond donors (Lipinski definition) is 2. The minimum absolute atomic E-state index is 0.0173. The molecule has 1 atom stereocenters. The van der Waals surface area contributed by atoms with Crippen molar-refractivity contribution in [1.29, 1.82) is 0 Å². The highest BCUT2D eigenvalue weighted by Gasteiger charge is 2.38. The summed E-state index contributed by atoms with van der Waals surface area (Å²) in [6, 6.07) is 8.95. The van der Waals surface area contributed by atoms with Gasteiger partial charge in [-0.05, 0) is 39.6 Å². The number of ether oxygens (including phenoxy) is 1. The number of tetrazole rings is 1. The molecule has 27 heavy (non-hydrogen) atoms. The van der Waals surface area contributed by atoms with Crippen molar-refractivity contribution < 1.29 is 19.4 Å². The molecule has 1 aliphatic rings. The predicted octanol–water partition coefficient (Wildman–Crippen LogP) is 1.77. The SMILES string of the molecule is COC(=O)C1=C(C(=O)c2cccs2)[C@@H](c2ccc(O)cc2)n2nnnc2N1. The van der Waals surface area contributed by atoms with Gasteiger partial charge in [0.1, 0.15) is 17.5 Å². The summed E-state index contributed by atoms with van der Waals surface area (Å²) in [5, 5.41) is 25.6. The van der Waals surface area contributed by atoms with Crippen LogP contribution in [0.2, 0.25) is 0 Å². The Bertz CT molecular complexity index is 1040. The van der Waals surface area contributed by atoms with Crippen molar-refractivity contribution in [1.82, 2.24) is 20.2 Å². The third-order valence-corrected chi connectivity index (χ3v) is 4.97. The summed E-state index contributed by atoms with van der Waals surface area (Å²) in [4.78, 5) is 26.1. The number of esters is 1. The van der Waals surface area contributed by atoms with E-state index in [1.807, 2.05) is 0 Å². The smallest absolute Gasteiger partial charge is 0.355 e. The Labute approximate surface area is 156 Å². The zero-order chi connectivity index (χ0) is 19.0. The summed E-state index contributed by atoms with van der Waals surface area (Å²) >= 11 is 1.26. The number of methoxy groups -OCH3 is 1. The lowest BCUT2D eigenvalue weighted by Crippen LogP contribution is -2.32. The van der Waals surface area contributed by atoms with Gasteiger partial charge in [-0.1, -0.05) is 23.3 Å². The van der Waals surface area contributed by atoms with Gasteiger partial charge in [-0.15, -0.1) is 11.3 Å². The summed E-state index contributed by atoms with van der Waals surface area (Å²) in [7, 11) is 1.23. The number of nitrogens with zero attached hydrogens (tertiary/aromatic N) is 4. The number of aromatic nitrogens is 4. The van der Waals surface area contributed by atoms with Crippen LogP contribution in [0.5, 0.6) is 5.75 Å². The van der Waals surface area contributed by atoms with Gasteiger partial charge in [0.15, 0.2) is 0 Å². The minimum atomic E-state index is -0.763. The fourth-order valence-electron chi connectivity index (χ4n) is 2.89. The number of thiophene rings is 1. The molecule has 4 rings (SSSR count). The van der Waals surface area contributed by atoms with Gasteiger partial charge in [-0.3, -0.25) is 4.79 Å². The molecule has 136 valence electrons. The maximum Gasteiger partial charge on any atom is 0.355 e. The number of anilines is 1. The summed E-state index contributed by atoms with van der Waals surface area (Å²) in [6.07, 6.45) is 0. The summed E-state index contributed by atoms with van der Waals surface area (Å²) < 4.78 is 6.27. The molecule has 1 aromatic carbocycles. The van der Waals surface area contributed by atoms with Gasteiger partial charge in [0.05, 0.1) is 17.6 Å². The van der Waals surface area contributed by atoms with E-state index in [9.17, 15) is 14.7 Å². The summed E-state index contributed by atoms with van der Waals surface area (Å²) in [5.41, 5.74) is 0.773. The quantitative estimate of drug-likeness (QED) is 0.517. The molecule has 0 aliphatic carbocycles. The van der Waals surface area contributed by atoms with Crippen LogP contribution >= 0.6 is 11.3 Å². The first-order chi connectivity index (χ1) is 13.1. The largest absolute Gasteiger partial charge is 0.508 e. The maximum atomic E-state index is 13.2. The summed E-state index contributed by atoms with van der Waals surface area (Å²) in [6.45, 7) is 0. The van der Waals surface area contributed by atoms with E-state index in [2.05, 4.69) is 20.8 Å². The van der Waals surface area contributed by atoms with Crippen molar-refractivity contribution in [3.63, 3.8) is 0 Å². The Morgan fingerprint density at radius 3 is 2.70 bits per heavy atom. The van der Waals surface area contributed by atoms with E-state index in [0.717, 1.165) is 0 Å². The number of phenolic OH excluding ortho intramolecular Hbond substituents is 1. The van der Waals surface area contributed by atoms with Crippen LogP contribution in [-0.4, -0.2) is 44.2 Å². The lowest BCUT2D eigenvalue weighted by atomic mass is 9.91. The number of ketones is 1. The molecule has 10 heteroatoms. The molecule has 2 aromatic heterocycles. The van der Waals surface area contributed by atoms with E-state index >= 15 is 0 Å². The van der Waals surface area contributed by atoms with E-state index in [1.54, 1.807) is 29.6 Å². The second-order valence-electron chi connectivity index (χ2n) is 5.65. The molecule has 0 fully saturated rings. The van der Waals surface area contributed by atoms with Crippen LogP contribution in [0, 0.1) is 0 Å². The average molecular weight is 383 g/mol. The number of carbonyl (C=O) groups excluding carboxylic acids is 2. The zero-order valence-electron chi connectivity index (χ0n) is 14.0. The van der Waals surface area contributed by atoms with E-state index in [1.165, 1.54) is 35.3 Å². The molecule has 0 radical (unpaired) electrons. The molecule has 3 aromatic rings. The number of aromatic hydroxyl groups is 1. The van der Waals surface area contributed by atoms with Crippen LogP contribution in [0.15, 0.2) is 53.0 Å². The maximum absolute atomic E-state index is 13.2. The number of fused-ring (bicyclic) bond motifs is 1. The molecule has 1 aliphatic heterocycles. The first-order valence-corrected chi connectivity index (χ1v) is 8.72. The van der Waals surface area contributed by atoms with Gasteiger partial charge in [-0.2, -0.15) is 4.68 Å². The number of carbonyl (C=O) groups is 2. The van der Waals surface area contributed by atoms with Gasteiger partial charge in [0, 0.05) is 0 Å². The third kappa shape index (κ3) is 2.85. The van der Waals surface area contributed by atoms with Gasteiger partial charge in [-0.25, -0.2) is 4.79 Å². The van der Waals surface area contributed by atoms with Crippen molar-refractivity contribution in [3.05, 3.63) is 63.5 Å². The Balaban J connectivity index is 1.95. The molecule has 2 N–H and O–H groups in total. The highest BCUT2D eigenvalue weighted by molar-refractivity contribution is 7.12. The van der Waals surface area contributed by atoms with Gasteiger partial charge in [0.2, 0.25) is 11.7 Å². The van der Waals surface area contributed by atoms with Gasteiger partial charge in [0.25, 0.3) is 0 Å². The third-order valence-electron chi connectivity index (χ3n) is 4.10. The van der Waals surface area contributed by atoms with Crippen LogP contribution in [0.3, 0.4) is 0 Å². The molecule has 0 saturated carbocycles. The van der Waals surface area contributed by atoms with Crippen molar-refractivity contribution in [2.24, 2.45) is 0 Å². The molecular weight excluding hydrogens is 370 g/mol. The molecule has 3 heterocycles. The number of nitrogens with one attached hydrogen (secondary N) is 1. The molecule has 0 saturated heterocycles. The Morgan fingerprint density at radius 1 is 1.26 bits per heavy atom. The van der Waals surface area contributed by atoms with Gasteiger partial charge < -0.3 is 15.2 Å². The molecular formula is C17H13N5O4S. The van der Waals surface area contributed by atoms with Crippen LogP contribution < -0.4 is 5.32 Å². The fourth-order valence-corrected chi connectivity index (χ4v) is 3.57. The van der Waals surface area contributed by atoms with E-state index in [-0.39, 0.29) is 28.8 Å². The fraction of sp³-hybridized carbons (Fsp3) is 0.118. The Hall–Kier alpha value is -3.53. The molecule has 0 bridgehead atoms. The highest BCUT2D eigenvalue weighted by atomic mass is 32.1. The topological polar surface area (TPSA) is 119 Å². The standard InChI is InChI=1S/C17H13N5O4S/c1-26-16(25)13-12(15(24)11-3-2-8-27-11)14(9-4-6-10(23)7-5-9)22-17(18-13)19-20-21-22/h2-8,14,23H,1H3,(H,18,19,21)/t14-/m1/s1. The molecule has 0 amide bonds. The highest BCUT2D eigenvalue weighted by Crippen LogP contribution is 2.37. The second kappa shape index (κ2) is 6.65. The van der Waals surface area contributed by atoms with Gasteiger partial charge >= 0.3 is 5.97 Å². The van der Waals surface area contributed by atoms with Crippen LogP contribution in [-0.2, 0) is 9.53 Å². The molecule has 9 nitrogen and oxygen atoms in total. The number of benzene rings is 1. The molecule has 0 unspecified atom stereocenters. The van der Waals surface area contributed by atoms with Crippen LogP contribution in [0.25, 0.3) is 0 Å². The number of rotatable bonds is 4. The number of phenols is 1. The number of Topliss-reactive ketones (excluding diaryl/α,β-unsaturated/α-hetero) is 1. The van der Waals surface area contributed by atoms with E-state index in [4.69, 9.17) is 4.74 Å². The lowest BCUT2D eigenvalue weighted by Gasteiger charge is -2.27. The lowest BCUT2D eigenvalue weighted by molar-refractivity contribution is -0.136. The Kier molecular flexibility index (Phi) is 4.16. The van der Waals surface area contributed by atoms with Crippen molar-refractivity contribution in [2.75, 3.05) is 12.4 Å². The van der Waals surface area contributed by atoms with Crippen LogP contribution in [0.1, 0.15) is 21.3 Å². The number of hydrogen-bond acceptors (Lipinski definition) is 9. The van der Waals surface area contributed by atoms with Crippen molar-refractivity contribution in [2.45, 2.75) is 6.04 Å². The first kappa shape index (κ1) is 16.9. The first-order valence-electron chi connectivity index (χ1n) is 7.84. The normalized spacial score (nSPS) is 15.8. The number of allylic oxidation sites excluding steroid dienone is 1. The average Bonchev–Trinajstić information content (AvgIpc) is 3.37. The zero-order valence-corrected chi connectivity index (χ0v) is 14.8. The van der Waals surface area contributed by atoms with E-state index in [0.29, 0.717) is 10.4 Å². The van der Waals surface area contributed by atoms with Crippen molar-refractivity contribution >= 4 is 29.0 Å². The van der Waals surface area contributed by atoms with E-state index < -0.39 is 12.0 Å². The van der Waals surface area contributed by atoms with Crippen molar-refractivity contribution in [3.8, 4) is 5.75 Å².